The molecule has 2 aromatic rings. The van der Waals surface area contributed by atoms with Crippen LogP contribution < -0.4 is 5.32 Å². The van der Waals surface area contributed by atoms with Crippen LogP contribution >= 0.6 is 15.9 Å². The molecule has 1 heterocycles. The van der Waals surface area contributed by atoms with Crippen molar-refractivity contribution in [2.45, 2.75) is 0 Å². The van der Waals surface area contributed by atoms with Crippen molar-refractivity contribution in [1.82, 2.24) is 10.3 Å². The van der Waals surface area contributed by atoms with Gasteiger partial charge in [-0.2, -0.15) is 0 Å². The summed E-state index contributed by atoms with van der Waals surface area (Å²) in [6, 6.07) is 7.25. The van der Waals surface area contributed by atoms with E-state index in [0.717, 1.165) is 4.47 Å². The second kappa shape index (κ2) is 4.22. The summed E-state index contributed by atoms with van der Waals surface area (Å²) in [5.74, 6) is -0.352. The van der Waals surface area contributed by atoms with E-state index in [2.05, 4.69) is 36.2 Å². The first-order valence-corrected chi connectivity index (χ1v) is 4.89. The molecule has 0 atom stereocenters. The van der Waals surface area contributed by atoms with Gasteiger partial charge < -0.3 is 5.32 Å². The molecular weight excluding hydrogens is 262 g/mol. The molecule has 2 rings (SSSR count). The van der Waals surface area contributed by atoms with Crippen molar-refractivity contribution in [1.29, 1.82) is 0 Å². The highest BCUT2D eigenvalue weighted by Crippen LogP contribution is 2.15. The zero-order valence-electron chi connectivity index (χ0n) is 7.48. The first-order chi connectivity index (χ1) is 7.25. The average Bonchev–Trinajstić information content (AvgIpc) is 2.70. The Hall–Kier alpha value is -1.69. The van der Waals surface area contributed by atoms with Crippen molar-refractivity contribution in [3.05, 3.63) is 40.6 Å². The van der Waals surface area contributed by atoms with E-state index >= 15 is 0 Å². The van der Waals surface area contributed by atoms with Crippen molar-refractivity contribution in [3.8, 4) is 0 Å². The summed E-state index contributed by atoms with van der Waals surface area (Å²) in [4.78, 5) is 11.5. The summed E-state index contributed by atoms with van der Waals surface area (Å²) in [6.07, 6.45) is 1.26. The van der Waals surface area contributed by atoms with Gasteiger partial charge in [-0.1, -0.05) is 27.2 Å². The van der Waals surface area contributed by atoms with E-state index in [9.17, 15) is 4.79 Å². The van der Waals surface area contributed by atoms with Gasteiger partial charge in [0.15, 0.2) is 5.69 Å². The smallest absolute Gasteiger partial charge is 0.279 e. The van der Waals surface area contributed by atoms with Gasteiger partial charge in [0.1, 0.15) is 6.20 Å². The van der Waals surface area contributed by atoms with Crippen molar-refractivity contribution < 1.29 is 9.42 Å². The maximum absolute atomic E-state index is 11.5. The number of carbonyl (C=O) groups excluding carboxylic acids is 1. The van der Waals surface area contributed by atoms with Crippen LogP contribution in [0, 0.1) is 0 Å². The van der Waals surface area contributed by atoms with Crippen LogP contribution in [0.1, 0.15) is 10.5 Å². The van der Waals surface area contributed by atoms with E-state index < -0.39 is 0 Å². The van der Waals surface area contributed by atoms with Crippen LogP contribution in [-0.2, 0) is 0 Å². The third-order valence-electron chi connectivity index (χ3n) is 1.68. The molecule has 0 radical (unpaired) electrons. The molecule has 5 nitrogen and oxygen atoms in total. The van der Waals surface area contributed by atoms with Gasteiger partial charge >= 0.3 is 0 Å². The highest BCUT2D eigenvalue weighted by atomic mass is 79.9. The molecule has 0 saturated carbocycles. The number of nitrogens with one attached hydrogen (secondary N) is 1. The first kappa shape index (κ1) is 9.85. The zero-order chi connectivity index (χ0) is 10.7. The fourth-order valence-electron chi connectivity index (χ4n) is 1.03. The second-order valence-electron chi connectivity index (χ2n) is 2.76. The summed E-state index contributed by atoms with van der Waals surface area (Å²) in [6.45, 7) is 0. The number of carbonyl (C=O) groups is 1. The molecule has 6 heteroatoms. The third-order valence-corrected chi connectivity index (χ3v) is 2.17. The molecule has 0 spiro atoms. The lowest BCUT2D eigenvalue weighted by Crippen LogP contribution is -2.11. The van der Waals surface area contributed by atoms with Gasteiger partial charge in [0.2, 0.25) is 0 Å². The molecule has 0 aliphatic rings. The quantitative estimate of drug-likeness (QED) is 0.905. The lowest BCUT2D eigenvalue weighted by molar-refractivity contribution is 0.101. The van der Waals surface area contributed by atoms with Gasteiger partial charge in [0.05, 0.1) is 0 Å². The van der Waals surface area contributed by atoms with Crippen LogP contribution in [0.2, 0.25) is 0 Å². The Labute approximate surface area is 93.6 Å². The number of halogens is 1. The number of rotatable bonds is 2. The predicted octanol–water partition coefficient (Wildman–Crippen LogP) is 2.08. The molecule has 76 valence electrons. The van der Waals surface area contributed by atoms with Gasteiger partial charge in [-0.25, -0.2) is 4.63 Å². The van der Waals surface area contributed by atoms with Crippen molar-refractivity contribution >= 4 is 27.5 Å². The van der Waals surface area contributed by atoms with Crippen LogP contribution in [0.5, 0.6) is 0 Å². The normalized spacial score (nSPS) is 9.93. The number of anilines is 1. The van der Waals surface area contributed by atoms with Gasteiger partial charge in [-0.05, 0) is 23.4 Å². The lowest BCUT2D eigenvalue weighted by atomic mass is 10.3. The molecule has 0 bridgehead atoms. The first-order valence-electron chi connectivity index (χ1n) is 4.10. The van der Waals surface area contributed by atoms with Crippen LogP contribution in [0.3, 0.4) is 0 Å². The molecule has 0 saturated heterocycles. The summed E-state index contributed by atoms with van der Waals surface area (Å²) >= 11 is 3.30. The average molecular weight is 268 g/mol. The lowest BCUT2D eigenvalue weighted by Gasteiger charge is -2.01. The van der Waals surface area contributed by atoms with Gasteiger partial charge in [-0.15, -0.1) is 0 Å². The second-order valence-corrected chi connectivity index (χ2v) is 3.67. The molecular formula is C9H6BrN3O2. The van der Waals surface area contributed by atoms with Crippen molar-refractivity contribution in [3.63, 3.8) is 0 Å². The number of benzene rings is 1. The minimum atomic E-state index is -0.352. The fourth-order valence-corrected chi connectivity index (χ4v) is 1.43. The standard InChI is InChI=1S/C9H6BrN3O2/c10-6-2-1-3-7(4-6)12-9(14)8-5-11-15-13-8/h1-5H,(H,12,14). The van der Waals surface area contributed by atoms with E-state index in [-0.39, 0.29) is 11.6 Å². The molecule has 1 N–H and O–H groups in total. The minimum absolute atomic E-state index is 0.148. The monoisotopic (exact) mass is 267 g/mol. The molecule has 15 heavy (non-hydrogen) atoms. The van der Waals surface area contributed by atoms with E-state index in [0.29, 0.717) is 5.69 Å². The maximum atomic E-state index is 11.5. The molecule has 0 aliphatic carbocycles. The van der Waals surface area contributed by atoms with E-state index in [1.54, 1.807) is 12.1 Å². The van der Waals surface area contributed by atoms with E-state index in [1.807, 2.05) is 12.1 Å². The Balaban J connectivity index is 2.13. The van der Waals surface area contributed by atoms with Gasteiger partial charge in [-0.3, -0.25) is 4.79 Å². The summed E-state index contributed by atoms with van der Waals surface area (Å²) < 4.78 is 5.21. The maximum Gasteiger partial charge on any atom is 0.279 e. The van der Waals surface area contributed by atoms with Crippen molar-refractivity contribution in [2.24, 2.45) is 0 Å². The molecule has 1 aromatic carbocycles. The molecule has 1 aromatic heterocycles. The number of aromatic nitrogens is 2. The molecule has 0 unspecified atom stereocenters. The summed E-state index contributed by atoms with van der Waals surface area (Å²) in [5, 5.41) is 9.42. The highest BCUT2D eigenvalue weighted by Gasteiger charge is 2.09. The van der Waals surface area contributed by atoms with Crippen LogP contribution in [-0.4, -0.2) is 16.2 Å². The number of hydrogen-bond acceptors (Lipinski definition) is 4. The number of hydrogen-bond donors (Lipinski definition) is 1. The van der Waals surface area contributed by atoms with Gasteiger partial charge in [0.25, 0.3) is 5.91 Å². The van der Waals surface area contributed by atoms with E-state index in [1.165, 1.54) is 6.20 Å². The Morgan fingerprint density at radius 3 is 3.00 bits per heavy atom. The molecule has 0 fully saturated rings. The Morgan fingerprint density at radius 1 is 1.47 bits per heavy atom. The fraction of sp³-hybridized carbons (Fsp3) is 0. The predicted molar refractivity (Wildman–Crippen MR) is 56.4 cm³/mol. The zero-order valence-corrected chi connectivity index (χ0v) is 9.06. The Morgan fingerprint density at radius 2 is 2.33 bits per heavy atom. The molecule has 0 aliphatic heterocycles. The Kier molecular flexibility index (Phi) is 2.77. The summed E-state index contributed by atoms with van der Waals surface area (Å²) in [7, 11) is 0. The van der Waals surface area contributed by atoms with Crippen LogP contribution in [0.25, 0.3) is 0 Å². The van der Waals surface area contributed by atoms with Gasteiger partial charge in [0, 0.05) is 10.2 Å². The summed E-state index contributed by atoms with van der Waals surface area (Å²) in [5.41, 5.74) is 0.826. The third kappa shape index (κ3) is 2.41. The minimum Gasteiger partial charge on any atom is -0.320 e. The molecule has 1 amide bonds. The highest BCUT2D eigenvalue weighted by molar-refractivity contribution is 9.10. The van der Waals surface area contributed by atoms with E-state index in [4.69, 9.17) is 0 Å². The van der Waals surface area contributed by atoms with Crippen LogP contribution in [0.4, 0.5) is 5.69 Å². The Bertz CT molecular complexity index is 470. The topological polar surface area (TPSA) is 68.0 Å². The number of amides is 1. The van der Waals surface area contributed by atoms with Crippen LogP contribution in [0.15, 0.2) is 39.6 Å². The largest absolute Gasteiger partial charge is 0.320 e. The van der Waals surface area contributed by atoms with Crippen molar-refractivity contribution in [2.75, 3.05) is 5.32 Å². The number of nitrogens with zero attached hydrogens (tertiary/aromatic N) is 2. The SMILES string of the molecule is O=C(Nc1cccc(Br)c1)c1cnon1.